The van der Waals surface area contributed by atoms with E-state index >= 15 is 0 Å². The normalized spacial score (nSPS) is 18.9. The van der Waals surface area contributed by atoms with Crippen molar-refractivity contribution in [3.8, 4) is 0 Å². The van der Waals surface area contributed by atoms with Gasteiger partial charge in [-0.05, 0) is 30.5 Å². The van der Waals surface area contributed by atoms with Gasteiger partial charge in [0, 0.05) is 56.9 Å². The van der Waals surface area contributed by atoms with Crippen LogP contribution in [0.1, 0.15) is 38.3 Å². The van der Waals surface area contributed by atoms with Crippen LogP contribution in [0.25, 0.3) is 0 Å². The second kappa shape index (κ2) is 8.65. The molecule has 1 atom stereocenters. The van der Waals surface area contributed by atoms with Crippen molar-refractivity contribution in [1.29, 1.82) is 0 Å². The second-order valence-corrected chi connectivity index (χ2v) is 7.65. The monoisotopic (exact) mass is 372 g/mol. The average Bonchev–Trinajstić information content (AvgIpc) is 3.04. The van der Waals surface area contributed by atoms with Gasteiger partial charge in [0.05, 0.1) is 6.20 Å². The van der Waals surface area contributed by atoms with Crippen LogP contribution in [0.4, 0.5) is 4.39 Å². The van der Waals surface area contributed by atoms with Crippen LogP contribution in [-0.4, -0.2) is 44.6 Å². The molecule has 0 N–H and O–H groups in total. The maximum Gasteiger partial charge on any atom is 0.224 e. The third-order valence-corrected chi connectivity index (χ3v) is 5.26. The fourth-order valence-corrected chi connectivity index (χ4v) is 3.66. The predicted molar refractivity (Wildman–Crippen MR) is 103 cm³/mol. The zero-order valence-corrected chi connectivity index (χ0v) is 16.4. The van der Waals surface area contributed by atoms with Crippen molar-refractivity contribution in [3.05, 3.63) is 53.6 Å². The quantitative estimate of drug-likeness (QED) is 0.781. The molecular formula is C21H29FN4O. The number of aryl methyl sites for hydroxylation is 1. The van der Waals surface area contributed by atoms with Crippen molar-refractivity contribution >= 4 is 5.91 Å². The smallest absolute Gasteiger partial charge is 0.224 e. The average molecular weight is 372 g/mol. The molecule has 0 spiro atoms. The summed E-state index contributed by atoms with van der Waals surface area (Å²) in [7, 11) is 0. The number of nitrogens with zero attached hydrogens (tertiary/aromatic N) is 4. The maximum atomic E-state index is 13.2. The summed E-state index contributed by atoms with van der Waals surface area (Å²) in [6.07, 6.45) is 4.50. The largest absolute Gasteiger partial charge is 0.334 e. The Balaban J connectivity index is 1.74. The van der Waals surface area contributed by atoms with Crippen molar-refractivity contribution in [2.75, 3.05) is 13.1 Å². The minimum atomic E-state index is -0.250. The predicted octanol–water partition coefficient (Wildman–Crippen LogP) is 3.30. The van der Waals surface area contributed by atoms with Gasteiger partial charge in [0.15, 0.2) is 0 Å². The molecule has 0 saturated carbocycles. The van der Waals surface area contributed by atoms with Crippen molar-refractivity contribution in [2.45, 2.75) is 52.9 Å². The minimum Gasteiger partial charge on any atom is -0.334 e. The third kappa shape index (κ3) is 4.95. The lowest BCUT2D eigenvalue weighted by Crippen LogP contribution is -2.45. The number of benzene rings is 1. The molecule has 1 aromatic heterocycles. The SMILES string of the molecule is CCn1cc(CN2CCC(=O)N(Cc3ccc(F)cc3)C(C(C)C)C2)cn1. The van der Waals surface area contributed by atoms with E-state index in [1.54, 1.807) is 12.1 Å². The molecule has 2 heterocycles. The molecule has 146 valence electrons. The van der Waals surface area contributed by atoms with Crippen LogP contribution in [0, 0.1) is 11.7 Å². The number of aromatic nitrogens is 2. The Morgan fingerprint density at radius 1 is 1.19 bits per heavy atom. The summed E-state index contributed by atoms with van der Waals surface area (Å²) in [6, 6.07) is 6.58. The van der Waals surface area contributed by atoms with Gasteiger partial charge < -0.3 is 4.90 Å². The number of carbonyl (C=O) groups excluding carboxylic acids is 1. The molecule has 0 radical (unpaired) electrons. The summed E-state index contributed by atoms with van der Waals surface area (Å²) in [6.45, 7) is 10.2. The van der Waals surface area contributed by atoms with E-state index in [0.717, 1.165) is 31.7 Å². The van der Waals surface area contributed by atoms with Crippen LogP contribution in [0.15, 0.2) is 36.7 Å². The number of carbonyl (C=O) groups is 1. The zero-order chi connectivity index (χ0) is 19.4. The number of hydrogen-bond acceptors (Lipinski definition) is 3. The van der Waals surface area contributed by atoms with E-state index in [1.807, 2.05) is 15.8 Å². The van der Waals surface area contributed by atoms with E-state index in [1.165, 1.54) is 17.7 Å². The van der Waals surface area contributed by atoms with E-state index in [2.05, 4.69) is 37.0 Å². The molecule has 5 nitrogen and oxygen atoms in total. The molecule has 1 aliphatic rings. The first-order chi connectivity index (χ1) is 13.0. The first kappa shape index (κ1) is 19.5. The van der Waals surface area contributed by atoms with Crippen LogP contribution < -0.4 is 0 Å². The van der Waals surface area contributed by atoms with Crippen LogP contribution in [0.5, 0.6) is 0 Å². The highest BCUT2D eigenvalue weighted by molar-refractivity contribution is 5.77. The lowest BCUT2D eigenvalue weighted by atomic mass is 10.0. The highest BCUT2D eigenvalue weighted by atomic mass is 19.1. The maximum absolute atomic E-state index is 13.2. The molecule has 0 aliphatic carbocycles. The topological polar surface area (TPSA) is 41.4 Å². The van der Waals surface area contributed by atoms with Gasteiger partial charge in [0.25, 0.3) is 0 Å². The Bertz CT molecular complexity index is 756. The molecule has 0 bridgehead atoms. The van der Waals surface area contributed by atoms with E-state index in [9.17, 15) is 9.18 Å². The van der Waals surface area contributed by atoms with Gasteiger partial charge in [-0.25, -0.2) is 4.39 Å². The molecule has 27 heavy (non-hydrogen) atoms. The summed E-state index contributed by atoms with van der Waals surface area (Å²) in [5, 5.41) is 4.35. The van der Waals surface area contributed by atoms with Crippen LogP contribution in [-0.2, 0) is 24.4 Å². The molecule has 2 aromatic rings. The second-order valence-electron chi connectivity index (χ2n) is 7.65. The molecule has 6 heteroatoms. The molecule has 1 unspecified atom stereocenters. The minimum absolute atomic E-state index is 0.131. The standard InChI is InChI=1S/C21H29FN4O/c1-4-25-13-18(11-23-25)12-24-10-9-21(27)26(20(15-24)16(2)3)14-17-5-7-19(22)8-6-17/h5-8,11,13,16,20H,4,9-10,12,14-15H2,1-3H3. The Morgan fingerprint density at radius 3 is 2.56 bits per heavy atom. The van der Waals surface area contributed by atoms with Gasteiger partial charge in [-0.2, -0.15) is 5.10 Å². The van der Waals surface area contributed by atoms with Gasteiger partial charge >= 0.3 is 0 Å². The van der Waals surface area contributed by atoms with Crippen molar-refractivity contribution < 1.29 is 9.18 Å². The van der Waals surface area contributed by atoms with Crippen LogP contribution in [0.2, 0.25) is 0 Å². The highest BCUT2D eigenvalue weighted by Gasteiger charge is 2.31. The van der Waals surface area contributed by atoms with Crippen molar-refractivity contribution in [1.82, 2.24) is 19.6 Å². The number of halogens is 1. The Morgan fingerprint density at radius 2 is 1.93 bits per heavy atom. The van der Waals surface area contributed by atoms with E-state index in [4.69, 9.17) is 0 Å². The van der Waals surface area contributed by atoms with Gasteiger partial charge in [-0.3, -0.25) is 14.4 Å². The van der Waals surface area contributed by atoms with E-state index in [0.29, 0.717) is 18.9 Å². The first-order valence-electron chi connectivity index (χ1n) is 9.74. The summed E-state index contributed by atoms with van der Waals surface area (Å²) in [4.78, 5) is 17.2. The number of hydrogen-bond donors (Lipinski definition) is 0. The fourth-order valence-electron chi connectivity index (χ4n) is 3.66. The first-order valence-corrected chi connectivity index (χ1v) is 9.74. The van der Waals surface area contributed by atoms with Gasteiger partial charge in [-0.1, -0.05) is 26.0 Å². The fraction of sp³-hybridized carbons (Fsp3) is 0.524. The molecule has 1 fully saturated rings. The number of amides is 1. The summed E-state index contributed by atoms with van der Waals surface area (Å²) in [5.41, 5.74) is 2.15. The molecule has 1 aromatic carbocycles. The molecule has 1 amide bonds. The highest BCUT2D eigenvalue weighted by Crippen LogP contribution is 2.22. The van der Waals surface area contributed by atoms with Gasteiger partial charge in [0.2, 0.25) is 5.91 Å². The lowest BCUT2D eigenvalue weighted by molar-refractivity contribution is -0.134. The summed E-state index contributed by atoms with van der Waals surface area (Å²) >= 11 is 0. The molecule has 1 aliphatic heterocycles. The Labute approximate surface area is 160 Å². The van der Waals surface area contributed by atoms with Gasteiger partial charge in [0.1, 0.15) is 5.82 Å². The third-order valence-electron chi connectivity index (χ3n) is 5.26. The van der Waals surface area contributed by atoms with Crippen molar-refractivity contribution in [3.63, 3.8) is 0 Å². The molecular weight excluding hydrogens is 343 g/mol. The molecule has 1 saturated heterocycles. The van der Waals surface area contributed by atoms with Crippen LogP contribution >= 0.6 is 0 Å². The van der Waals surface area contributed by atoms with Gasteiger partial charge in [-0.15, -0.1) is 0 Å². The van der Waals surface area contributed by atoms with E-state index < -0.39 is 0 Å². The zero-order valence-electron chi connectivity index (χ0n) is 16.4. The summed E-state index contributed by atoms with van der Waals surface area (Å²) < 4.78 is 15.1. The number of rotatable bonds is 6. The lowest BCUT2D eigenvalue weighted by Gasteiger charge is -2.34. The van der Waals surface area contributed by atoms with Crippen molar-refractivity contribution in [2.24, 2.45) is 5.92 Å². The Kier molecular flexibility index (Phi) is 6.26. The summed E-state index contributed by atoms with van der Waals surface area (Å²) in [5.74, 6) is 0.262. The Hall–Kier alpha value is -2.21. The van der Waals surface area contributed by atoms with Crippen LogP contribution in [0.3, 0.4) is 0 Å². The molecule has 3 rings (SSSR count). The van der Waals surface area contributed by atoms with E-state index in [-0.39, 0.29) is 17.8 Å².